The molecule has 1 N–H and O–H groups in total. The summed E-state index contributed by atoms with van der Waals surface area (Å²) >= 11 is 0. The van der Waals surface area contributed by atoms with Gasteiger partial charge in [0, 0.05) is 0 Å². The monoisotopic (exact) mass is 222 g/mol. The third-order valence-corrected chi connectivity index (χ3v) is 2.66. The molecule has 2 atom stereocenters. The van der Waals surface area contributed by atoms with Gasteiger partial charge in [-0.3, -0.25) is 0 Å². The number of aliphatic hydroxyl groups is 1. The number of ether oxygens (including phenoxy) is 1. The van der Waals surface area contributed by atoms with Crippen LogP contribution in [0.4, 0.5) is 0 Å². The van der Waals surface area contributed by atoms with Crippen LogP contribution < -0.4 is 4.74 Å². The first-order chi connectivity index (χ1) is 7.63. The van der Waals surface area contributed by atoms with E-state index in [0.717, 1.165) is 17.9 Å². The van der Waals surface area contributed by atoms with Crippen LogP contribution in [0.15, 0.2) is 24.3 Å². The summed E-state index contributed by atoms with van der Waals surface area (Å²) in [5, 5.41) is 9.45. The second kappa shape index (κ2) is 6.54. The van der Waals surface area contributed by atoms with Gasteiger partial charge in [0.25, 0.3) is 0 Å². The van der Waals surface area contributed by atoms with Crippen molar-refractivity contribution in [2.24, 2.45) is 5.92 Å². The molecule has 0 aromatic heterocycles. The minimum atomic E-state index is -0.434. The van der Waals surface area contributed by atoms with Crippen molar-refractivity contribution in [3.05, 3.63) is 29.8 Å². The zero-order valence-electron chi connectivity index (χ0n) is 10.4. The summed E-state index contributed by atoms with van der Waals surface area (Å²) in [4.78, 5) is 0. The van der Waals surface area contributed by atoms with E-state index in [1.54, 1.807) is 6.92 Å². The number of hydrogen-bond donors (Lipinski definition) is 1. The lowest BCUT2D eigenvalue weighted by molar-refractivity contribution is 0.198. The molecule has 16 heavy (non-hydrogen) atoms. The summed E-state index contributed by atoms with van der Waals surface area (Å²) in [7, 11) is 0. The first-order valence-corrected chi connectivity index (χ1v) is 6.04. The second-order valence-electron chi connectivity index (χ2n) is 4.45. The average molecular weight is 222 g/mol. The zero-order chi connectivity index (χ0) is 12.0. The normalized spacial score (nSPS) is 14.5. The molecule has 90 valence electrons. The highest BCUT2D eigenvalue weighted by Crippen LogP contribution is 2.19. The van der Waals surface area contributed by atoms with E-state index in [2.05, 4.69) is 13.8 Å². The maximum Gasteiger partial charge on any atom is 0.119 e. The Bertz CT molecular complexity index is 307. The largest absolute Gasteiger partial charge is 0.493 e. The minimum absolute atomic E-state index is 0.434. The number of hydrogen-bond acceptors (Lipinski definition) is 2. The predicted molar refractivity (Wildman–Crippen MR) is 66.6 cm³/mol. The van der Waals surface area contributed by atoms with Gasteiger partial charge in [-0.2, -0.15) is 0 Å². The Labute approximate surface area is 98.3 Å². The van der Waals surface area contributed by atoms with Crippen LogP contribution in [0, 0.1) is 5.92 Å². The van der Waals surface area contributed by atoms with E-state index >= 15 is 0 Å². The third kappa shape index (κ3) is 4.23. The Balaban J connectivity index is 2.50. The van der Waals surface area contributed by atoms with Crippen LogP contribution in [-0.4, -0.2) is 11.7 Å². The van der Waals surface area contributed by atoms with Crippen LogP contribution in [0.2, 0.25) is 0 Å². The zero-order valence-corrected chi connectivity index (χ0v) is 10.4. The van der Waals surface area contributed by atoms with Crippen molar-refractivity contribution in [3.63, 3.8) is 0 Å². The highest BCUT2D eigenvalue weighted by atomic mass is 16.5. The molecule has 0 aliphatic rings. The van der Waals surface area contributed by atoms with Gasteiger partial charge < -0.3 is 9.84 Å². The predicted octanol–water partition coefficient (Wildman–Crippen LogP) is 3.55. The minimum Gasteiger partial charge on any atom is -0.493 e. The number of rotatable bonds is 6. The molecule has 0 saturated heterocycles. The second-order valence-corrected chi connectivity index (χ2v) is 4.45. The fourth-order valence-corrected chi connectivity index (χ4v) is 1.68. The molecule has 0 bridgehead atoms. The molecular weight excluding hydrogens is 200 g/mol. The van der Waals surface area contributed by atoms with Gasteiger partial charge >= 0.3 is 0 Å². The first-order valence-electron chi connectivity index (χ1n) is 6.04. The Morgan fingerprint density at radius 3 is 2.69 bits per heavy atom. The maximum atomic E-state index is 9.45. The van der Waals surface area contributed by atoms with E-state index < -0.39 is 6.10 Å². The van der Waals surface area contributed by atoms with Crippen molar-refractivity contribution in [3.8, 4) is 5.75 Å². The van der Waals surface area contributed by atoms with Crippen molar-refractivity contribution in [2.45, 2.75) is 39.7 Å². The van der Waals surface area contributed by atoms with Gasteiger partial charge in [-0.25, -0.2) is 0 Å². The molecule has 0 radical (unpaired) electrons. The van der Waals surface area contributed by atoms with Gasteiger partial charge in [-0.1, -0.05) is 32.4 Å². The summed E-state index contributed by atoms with van der Waals surface area (Å²) < 4.78 is 5.70. The molecule has 0 fully saturated rings. The first kappa shape index (κ1) is 13.0. The van der Waals surface area contributed by atoms with Gasteiger partial charge in [-0.05, 0) is 37.0 Å². The Kier molecular flexibility index (Phi) is 5.33. The molecule has 1 rings (SSSR count). The molecule has 1 aromatic carbocycles. The summed E-state index contributed by atoms with van der Waals surface area (Å²) in [6.45, 7) is 6.89. The average Bonchev–Trinajstić information content (AvgIpc) is 2.27. The molecule has 1 unspecified atom stereocenters. The van der Waals surface area contributed by atoms with E-state index in [1.165, 1.54) is 12.8 Å². The summed E-state index contributed by atoms with van der Waals surface area (Å²) in [5.41, 5.74) is 0.903. The Hall–Kier alpha value is -1.02. The molecule has 0 heterocycles. The third-order valence-electron chi connectivity index (χ3n) is 2.66. The van der Waals surface area contributed by atoms with E-state index in [0.29, 0.717) is 5.92 Å². The van der Waals surface area contributed by atoms with E-state index in [4.69, 9.17) is 4.74 Å². The summed E-state index contributed by atoms with van der Waals surface area (Å²) in [6.07, 6.45) is 1.95. The SMILES string of the molecule is CCCC(C)COc1cccc([C@H](C)O)c1. The fraction of sp³-hybridized carbons (Fsp3) is 0.571. The van der Waals surface area contributed by atoms with Crippen LogP contribution >= 0.6 is 0 Å². The quantitative estimate of drug-likeness (QED) is 0.797. The van der Waals surface area contributed by atoms with Crippen molar-refractivity contribution in [1.29, 1.82) is 0 Å². The van der Waals surface area contributed by atoms with Crippen LogP contribution in [0.25, 0.3) is 0 Å². The fourth-order valence-electron chi connectivity index (χ4n) is 1.68. The van der Waals surface area contributed by atoms with Gasteiger partial charge in [0.05, 0.1) is 12.7 Å². The summed E-state index contributed by atoms with van der Waals surface area (Å²) in [6, 6.07) is 7.67. The molecule has 0 saturated carbocycles. The molecule has 1 aromatic rings. The standard InChI is InChI=1S/C14H22O2/c1-4-6-11(2)10-16-14-8-5-7-13(9-14)12(3)15/h5,7-9,11-12,15H,4,6,10H2,1-3H3/t11?,12-/m0/s1. The highest BCUT2D eigenvalue weighted by Gasteiger charge is 2.04. The number of benzene rings is 1. The topological polar surface area (TPSA) is 29.5 Å². The maximum absolute atomic E-state index is 9.45. The Morgan fingerprint density at radius 2 is 2.06 bits per heavy atom. The van der Waals surface area contributed by atoms with Crippen molar-refractivity contribution in [2.75, 3.05) is 6.61 Å². The van der Waals surface area contributed by atoms with Gasteiger partial charge in [0.1, 0.15) is 5.75 Å². The molecular formula is C14H22O2. The van der Waals surface area contributed by atoms with Crippen molar-refractivity contribution < 1.29 is 9.84 Å². The smallest absolute Gasteiger partial charge is 0.119 e. The lowest BCUT2D eigenvalue weighted by Crippen LogP contribution is -2.08. The lowest BCUT2D eigenvalue weighted by Gasteiger charge is -2.13. The van der Waals surface area contributed by atoms with Crippen LogP contribution in [0.3, 0.4) is 0 Å². The molecule has 0 aliphatic carbocycles. The summed E-state index contributed by atoms with van der Waals surface area (Å²) in [5.74, 6) is 1.43. The molecule has 2 heteroatoms. The highest BCUT2D eigenvalue weighted by molar-refractivity contribution is 5.29. The van der Waals surface area contributed by atoms with Gasteiger partial charge in [0.2, 0.25) is 0 Å². The molecule has 0 amide bonds. The lowest BCUT2D eigenvalue weighted by atomic mass is 10.1. The van der Waals surface area contributed by atoms with E-state index in [-0.39, 0.29) is 0 Å². The Morgan fingerprint density at radius 1 is 1.31 bits per heavy atom. The van der Waals surface area contributed by atoms with Crippen LogP contribution in [-0.2, 0) is 0 Å². The molecule has 0 spiro atoms. The van der Waals surface area contributed by atoms with Crippen LogP contribution in [0.5, 0.6) is 5.75 Å². The van der Waals surface area contributed by atoms with Crippen LogP contribution in [0.1, 0.15) is 45.3 Å². The van der Waals surface area contributed by atoms with Crippen molar-refractivity contribution >= 4 is 0 Å². The van der Waals surface area contributed by atoms with E-state index in [1.807, 2.05) is 24.3 Å². The molecule has 0 aliphatic heterocycles. The van der Waals surface area contributed by atoms with Crippen molar-refractivity contribution in [1.82, 2.24) is 0 Å². The van der Waals surface area contributed by atoms with Gasteiger partial charge in [0.15, 0.2) is 0 Å². The number of aliphatic hydroxyl groups excluding tert-OH is 1. The molecule has 2 nitrogen and oxygen atoms in total. The van der Waals surface area contributed by atoms with Gasteiger partial charge in [-0.15, -0.1) is 0 Å². The van der Waals surface area contributed by atoms with E-state index in [9.17, 15) is 5.11 Å².